The van der Waals surface area contributed by atoms with Crippen LogP contribution in [-0.2, 0) is 19.4 Å². The molecule has 1 aliphatic rings. The van der Waals surface area contributed by atoms with Crippen molar-refractivity contribution in [1.82, 2.24) is 0 Å². The van der Waals surface area contributed by atoms with Crippen molar-refractivity contribution in [3.05, 3.63) is 0 Å². The lowest BCUT2D eigenvalue weighted by atomic mass is 9.80. The number of esters is 1. The maximum atomic E-state index is 11.4. The lowest BCUT2D eigenvalue weighted by Gasteiger charge is -2.36. The molecule has 1 heterocycles. The molecule has 0 spiro atoms. The molecule has 0 amide bonds. The molecule has 0 bridgehead atoms. The third-order valence-corrected chi connectivity index (χ3v) is 4.53. The first kappa shape index (κ1) is 11.5. The molecular formula is C8H15NO4S. The van der Waals surface area contributed by atoms with E-state index in [4.69, 9.17) is 5.73 Å². The molecule has 2 N–H and O–H groups in total. The van der Waals surface area contributed by atoms with E-state index in [-0.39, 0.29) is 17.9 Å². The van der Waals surface area contributed by atoms with Gasteiger partial charge in [-0.05, 0) is 13.3 Å². The highest BCUT2D eigenvalue weighted by atomic mass is 32.2. The number of nitrogens with two attached hydrogens (primary N) is 1. The van der Waals surface area contributed by atoms with E-state index in [0.29, 0.717) is 0 Å². The van der Waals surface area contributed by atoms with Gasteiger partial charge in [0, 0.05) is 6.04 Å². The van der Waals surface area contributed by atoms with E-state index in [2.05, 4.69) is 4.74 Å². The minimum Gasteiger partial charge on any atom is -0.469 e. The Balaban J connectivity index is 2.90. The molecule has 2 unspecified atom stereocenters. The van der Waals surface area contributed by atoms with Crippen LogP contribution in [0, 0.1) is 5.41 Å². The Bertz CT molecular complexity index is 337. The van der Waals surface area contributed by atoms with Crippen molar-refractivity contribution < 1.29 is 17.9 Å². The molecule has 0 radical (unpaired) electrons. The summed E-state index contributed by atoms with van der Waals surface area (Å²) in [6.07, 6.45) is 0.239. The highest BCUT2D eigenvalue weighted by Gasteiger charge is 2.46. The maximum Gasteiger partial charge on any atom is 0.313 e. The van der Waals surface area contributed by atoms with Gasteiger partial charge >= 0.3 is 5.97 Å². The third kappa shape index (κ3) is 1.90. The van der Waals surface area contributed by atoms with Gasteiger partial charge in [0.2, 0.25) is 0 Å². The molecule has 0 aromatic rings. The predicted molar refractivity (Wildman–Crippen MR) is 51.4 cm³/mol. The normalized spacial score (nSPS) is 36.4. The summed E-state index contributed by atoms with van der Waals surface area (Å²) in [6.45, 7) is 1.65. The first-order valence-electron chi connectivity index (χ1n) is 4.36. The van der Waals surface area contributed by atoms with Crippen LogP contribution in [0.5, 0.6) is 0 Å². The highest BCUT2D eigenvalue weighted by Crippen LogP contribution is 2.32. The first-order valence-corrected chi connectivity index (χ1v) is 6.18. The van der Waals surface area contributed by atoms with Crippen LogP contribution in [-0.4, -0.2) is 39.0 Å². The first-order chi connectivity index (χ1) is 6.32. The highest BCUT2D eigenvalue weighted by molar-refractivity contribution is 7.91. The number of hydrogen-bond acceptors (Lipinski definition) is 5. The van der Waals surface area contributed by atoms with Gasteiger partial charge in [0.25, 0.3) is 0 Å². The molecule has 0 aromatic heterocycles. The Morgan fingerprint density at radius 3 is 2.57 bits per heavy atom. The number of carbonyl (C=O) groups excluding carboxylic acids is 1. The molecule has 0 aliphatic carbocycles. The number of ether oxygens (including phenoxy) is 1. The zero-order chi connectivity index (χ0) is 11.0. The second-order valence-electron chi connectivity index (χ2n) is 3.88. The van der Waals surface area contributed by atoms with Crippen LogP contribution >= 0.6 is 0 Å². The Morgan fingerprint density at radius 1 is 1.57 bits per heavy atom. The van der Waals surface area contributed by atoms with E-state index in [1.54, 1.807) is 6.92 Å². The van der Waals surface area contributed by atoms with Crippen molar-refractivity contribution >= 4 is 15.8 Å². The summed E-state index contributed by atoms with van der Waals surface area (Å²) in [5, 5.41) is 0. The minimum absolute atomic E-state index is 0.00625. The van der Waals surface area contributed by atoms with Gasteiger partial charge in [-0.15, -0.1) is 0 Å². The average molecular weight is 221 g/mol. The van der Waals surface area contributed by atoms with Crippen molar-refractivity contribution in [3.63, 3.8) is 0 Å². The van der Waals surface area contributed by atoms with Gasteiger partial charge in [0.05, 0.1) is 24.0 Å². The predicted octanol–water partition coefficient (Wildman–Crippen LogP) is -0.688. The van der Waals surface area contributed by atoms with E-state index < -0.39 is 27.3 Å². The monoisotopic (exact) mass is 221 g/mol. The zero-order valence-corrected chi connectivity index (χ0v) is 9.13. The van der Waals surface area contributed by atoms with E-state index in [0.717, 1.165) is 0 Å². The van der Waals surface area contributed by atoms with Gasteiger partial charge in [-0.25, -0.2) is 8.42 Å². The molecular weight excluding hydrogens is 206 g/mol. The quantitative estimate of drug-likeness (QED) is 0.592. The number of carbonyl (C=O) groups is 1. The number of rotatable bonds is 1. The Labute approximate surface area is 83.5 Å². The summed E-state index contributed by atoms with van der Waals surface area (Å²) < 4.78 is 27.1. The molecule has 0 aromatic carbocycles. The fraction of sp³-hybridized carbons (Fsp3) is 0.875. The summed E-state index contributed by atoms with van der Waals surface area (Å²) in [5.74, 6) is -0.565. The lowest BCUT2D eigenvalue weighted by Crippen LogP contribution is -2.54. The van der Waals surface area contributed by atoms with Crippen molar-refractivity contribution in [3.8, 4) is 0 Å². The molecule has 82 valence electrons. The molecule has 1 rings (SSSR count). The van der Waals surface area contributed by atoms with Crippen molar-refractivity contribution in [1.29, 1.82) is 0 Å². The smallest absolute Gasteiger partial charge is 0.313 e. The second-order valence-corrected chi connectivity index (χ2v) is 6.11. The molecule has 2 atom stereocenters. The molecule has 0 saturated carbocycles. The minimum atomic E-state index is -3.08. The van der Waals surface area contributed by atoms with Crippen molar-refractivity contribution in [2.24, 2.45) is 11.1 Å². The van der Waals surface area contributed by atoms with Gasteiger partial charge < -0.3 is 10.5 Å². The summed E-state index contributed by atoms with van der Waals surface area (Å²) in [7, 11) is -1.80. The molecule has 1 aliphatic heterocycles. The maximum absolute atomic E-state index is 11.4. The largest absolute Gasteiger partial charge is 0.469 e. The Hall–Kier alpha value is -0.620. The molecule has 5 nitrogen and oxygen atoms in total. The van der Waals surface area contributed by atoms with Crippen LogP contribution in [0.25, 0.3) is 0 Å². The summed E-state index contributed by atoms with van der Waals surface area (Å²) in [4.78, 5) is 11.4. The number of sulfone groups is 1. The Morgan fingerprint density at radius 2 is 2.14 bits per heavy atom. The molecule has 14 heavy (non-hydrogen) atoms. The average Bonchev–Trinajstić information content (AvgIpc) is 2.10. The van der Waals surface area contributed by atoms with Crippen LogP contribution in [0.3, 0.4) is 0 Å². The van der Waals surface area contributed by atoms with E-state index in [9.17, 15) is 13.2 Å². The number of hydrogen-bond donors (Lipinski definition) is 1. The van der Waals surface area contributed by atoms with Crippen LogP contribution in [0.4, 0.5) is 0 Å². The molecule has 1 fully saturated rings. The van der Waals surface area contributed by atoms with Crippen molar-refractivity contribution in [2.75, 3.05) is 18.6 Å². The Kier molecular flexibility index (Phi) is 2.87. The van der Waals surface area contributed by atoms with Gasteiger partial charge in [-0.1, -0.05) is 0 Å². The SMILES string of the molecule is COC(=O)C1(C)CCS(=O)(=O)CC1N. The standard InChI is InChI=1S/C8H15NO4S/c1-8(7(10)13-2)3-4-14(11,12)5-6(8)9/h6H,3-5,9H2,1-2H3. The second kappa shape index (κ2) is 3.51. The van der Waals surface area contributed by atoms with Crippen LogP contribution in [0.1, 0.15) is 13.3 Å². The number of methoxy groups -OCH3 is 1. The van der Waals surface area contributed by atoms with E-state index >= 15 is 0 Å². The van der Waals surface area contributed by atoms with Crippen LogP contribution in [0.2, 0.25) is 0 Å². The van der Waals surface area contributed by atoms with E-state index in [1.165, 1.54) is 7.11 Å². The zero-order valence-electron chi connectivity index (χ0n) is 8.32. The van der Waals surface area contributed by atoms with E-state index in [1.807, 2.05) is 0 Å². The van der Waals surface area contributed by atoms with Gasteiger partial charge in [-0.3, -0.25) is 4.79 Å². The third-order valence-electron chi connectivity index (χ3n) is 2.84. The summed E-state index contributed by atoms with van der Waals surface area (Å²) in [6, 6.07) is -0.673. The fourth-order valence-electron chi connectivity index (χ4n) is 1.58. The molecule has 6 heteroatoms. The fourth-order valence-corrected chi connectivity index (χ4v) is 3.40. The summed E-state index contributed by atoms with van der Waals surface area (Å²) >= 11 is 0. The molecule has 1 saturated heterocycles. The van der Waals surface area contributed by atoms with Gasteiger partial charge in [0.15, 0.2) is 9.84 Å². The van der Waals surface area contributed by atoms with Gasteiger partial charge in [-0.2, -0.15) is 0 Å². The topological polar surface area (TPSA) is 86.5 Å². The van der Waals surface area contributed by atoms with Gasteiger partial charge in [0.1, 0.15) is 0 Å². The van der Waals surface area contributed by atoms with Crippen LogP contribution < -0.4 is 5.73 Å². The lowest BCUT2D eigenvalue weighted by molar-refractivity contribution is -0.153. The van der Waals surface area contributed by atoms with Crippen molar-refractivity contribution in [2.45, 2.75) is 19.4 Å². The summed E-state index contributed by atoms with van der Waals surface area (Å²) in [5.41, 5.74) is 4.82. The van der Waals surface area contributed by atoms with Crippen LogP contribution in [0.15, 0.2) is 0 Å².